The summed E-state index contributed by atoms with van der Waals surface area (Å²) in [6, 6.07) is 43.2. The summed E-state index contributed by atoms with van der Waals surface area (Å²) in [5.74, 6) is 1.08. The van der Waals surface area contributed by atoms with Crippen molar-refractivity contribution < 1.29 is 21.2 Å². The first-order valence-corrected chi connectivity index (χ1v) is 19.3. The van der Waals surface area contributed by atoms with Crippen molar-refractivity contribution in [1.29, 1.82) is 0 Å². The van der Waals surface area contributed by atoms with Gasteiger partial charge in [-0.15, -0.1) is 0 Å². The van der Waals surface area contributed by atoms with E-state index in [1.165, 1.54) is 0 Å². The summed E-state index contributed by atoms with van der Waals surface area (Å²) in [5.41, 5.74) is 7.66. The third-order valence-electron chi connectivity index (χ3n) is 10.8. The Kier molecular flexibility index (Phi) is 5.95. The highest BCUT2D eigenvalue weighted by Crippen LogP contribution is 2.38. The molecule has 0 amide bonds. The minimum absolute atomic E-state index is 0.0491. The van der Waals surface area contributed by atoms with Crippen LogP contribution in [0.4, 0.5) is 0 Å². The number of aromatic nitrogens is 3. The van der Waals surface area contributed by atoms with Crippen LogP contribution in [0.5, 0.6) is 0 Å². The third-order valence-corrected chi connectivity index (χ3v) is 10.8. The summed E-state index contributed by atoms with van der Waals surface area (Å²) in [4.78, 5) is 15.1. The van der Waals surface area contributed by atoms with Gasteiger partial charge in [-0.1, -0.05) is 145 Å². The number of fused-ring (bicyclic) bond motifs is 8. The largest absolute Gasteiger partial charge is 0.456 e. The van der Waals surface area contributed by atoms with E-state index in [1.807, 2.05) is 109 Å². The average Bonchev–Trinajstić information content (AvgIpc) is 3.97. The van der Waals surface area contributed by atoms with Crippen LogP contribution in [0, 0.1) is 0 Å². The first-order chi connectivity index (χ1) is 33.4. The summed E-state index contributed by atoms with van der Waals surface area (Å²) in [7, 11) is 0. The van der Waals surface area contributed by atoms with Gasteiger partial charge < -0.3 is 8.83 Å². The Morgan fingerprint density at radius 1 is 0.333 bits per heavy atom. The molecule has 9 aromatic carbocycles. The van der Waals surface area contributed by atoms with Gasteiger partial charge in [0.05, 0.1) is 12.3 Å². The summed E-state index contributed by atoms with van der Waals surface area (Å²) in [5, 5.41) is 1.45. The second-order valence-electron chi connectivity index (χ2n) is 14.5. The van der Waals surface area contributed by atoms with Crippen molar-refractivity contribution in [3.8, 4) is 67.5 Å². The molecular weight excluding hydrogens is 735 g/mol. The van der Waals surface area contributed by atoms with Crippen molar-refractivity contribution in [3.05, 3.63) is 200 Å². The van der Waals surface area contributed by atoms with Crippen molar-refractivity contribution in [2.45, 2.75) is 0 Å². The van der Waals surface area contributed by atoms with Gasteiger partial charge in [-0.3, -0.25) is 0 Å². The molecule has 60 heavy (non-hydrogen) atoms. The van der Waals surface area contributed by atoms with Crippen LogP contribution in [0.2, 0.25) is 0 Å². The molecule has 0 spiro atoms. The van der Waals surface area contributed by atoms with Crippen LogP contribution >= 0.6 is 0 Å². The number of rotatable bonds is 6. The average molecular weight is 777 g/mol. The van der Waals surface area contributed by atoms with Crippen molar-refractivity contribution >= 4 is 54.6 Å². The predicted octanol–water partition coefficient (Wildman–Crippen LogP) is 14.8. The van der Waals surface area contributed by atoms with Gasteiger partial charge >= 0.3 is 0 Å². The van der Waals surface area contributed by atoms with Gasteiger partial charge in [-0.25, -0.2) is 15.0 Å². The van der Waals surface area contributed by atoms with Crippen molar-refractivity contribution in [2.24, 2.45) is 0 Å². The van der Waals surface area contributed by atoms with E-state index in [9.17, 15) is 4.11 Å². The van der Waals surface area contributed by atoms with Crippen LogP contribution in [-0.4, -0.2) is 15.0 Å². The molecule has 5 nitrogen and oxygen atoms in total. The Morgan fingerprint density at radius 3 is 1.63 bits per heavy atom. The van der Waals surface area contributed by atoms with Gasteiger partial charge in [0.25, 0.3) is 0 Å². The quantitative estimate of drug-likeness (QED) is 0.168. The van der Waals surface area contributed by atoms with Crippen molar-refractivity contribution in [3.63, 3.8) is 0 Å². The van der Waals surface area contributed by atoms with Gasteiger partial charge in [0.15, 0.2) is 17.5 Å². The molecule has 0 radical (unpaired) electrons. The lowest BCUT2D eigenvalue weighted by molar-refractivity contribution is 0.669. The van der Waals surface area contributed by atoms with Crippen molar-refractivity contribution in [2.75, 3.05) is 0 Å². The molecule has 12 rings (SSSR count). The molecule has 0 N–H and O–H groups in total. The fourth-order valence-electron chi connectivity index (χ4n) is 7.82. The van der Waals surface area contributed by atoms with Crippen LogP contribution in [0.25, 0.3) is 122 Å². The first kappa shape index (κ1) is 26.0. The van der Waals surface area contributed by atoms with Gasteiger partial charge in [0.2, 0.25) is 0 Å². The van der Waals surface area contributed by atoms with E-state index in [2.05, 4.69) is 18.2 Å². The summed E-state index contributed by atoms with van der Waals surface area (Å²) < 4.78 is 92.1. The Labute approximate surface area is 357 Å². The molecule has 0 aliphatic rings. The van der Waals surface area contributed by atoms with E-state index >= 15 is 0 Å². The molecule has 3 aromatic heterocycles. The Hall–Kier alpha value is -8.15. The minimum Gasteiger partial charge on any atom is -0.456 e. The third kappa shape index (κ3) is 5.83. The number of hydrogen-bond acceptors (Lipinski definition) is 5. The molecule has 0 unspecified atom stereocenters. The van der Waals surface area contributed by atoms with E-state index in [4.69, 9.17) is 32.0 Å². The second-order valence-corrected chi connectivity index (χ2v) is 14.5. The molecule has 0 aliphatic heterocycles. The Morgan fingerprint density at radius 2 is 0.917 bits per heavy atom. The van der Waals surface area contributed by atoms with E-state index in [1.54, 1.807) is 18.2 Å². The minimum atomic E-state index is -0.558. The zero-order valence-electron chi connectivity index (χ0n) is 40.5. The number of hydrogen-bond donors (Lipinski definition) is 0. The fraction of sp³-hybridized carbons (Fsp3) is 0. The maximum absolute atomic E-state index is 9.47. The van der Waals surface area contributed by atoms with Crippen LogP contribution in [-0.2, 0) is 0 Å². The standard InChI is InChI=1S/C55H33N3O2/c1-3-11-34(12-4-1)37-16-9-18-41(29-37)53-56-54(58-55(57-53)43-23-26-46-48-31-39(35-13-5-2-6-14-35)24-28-49(48)59-50(46)33-43)42-19-10-17-38(30-42)40-22-25-45-47-27-21-36-15-7-8-20-44(36)52(47)60-51(45)32-40/h1-33H/i7D,8D,15D,20D,21D,22D,25D,27D,32D. The highest BCUT2D eigenvalue weighted by molar-refractivity contribution is 6.15. The molecule has 0 aliphatic carbocycles. The predicted molar refractivity (Wildman–Crippen MR) is 245 cm³/mol. The van der Waals surface area contributed by atoms with Crippen LogP contribution < -0.4 is 0 Å². The lowest BCUT2D eigenvalue weighted by Crippen LogP contribution is -2.00. The number of nitrogens with zero attached hydrogens (tertiary/aromatic N) is 3. The summed E-state index contributed by atoms with van der Waals surface area (Å²) in [6.45, 7) is 0. The Bertz CT molecular complexity index is 4140. The van der Waals surface area contributed by atoms with Gasteiger partial charge in [-0.05, 0) is 93.3 Å². The van der Waals surface area contributed by atoms with E-state index in [-0.39, 0.29) is 56.4 Å². The second kappa shape index (κ2) is 13.8. The Balaban J connectivity index is 1.03. The molecule has 280 valence electrons. The van der Waals surface area contributed by atoms with E-state index < -0.39 is 36.3 Å². The summed E-state index contributed by atoms with van der Waals surface area (Å²) in [6.07, 6.45) is 0. The molecule has 0 bridgehead atoms. The number of benzene rings is 9. The molecular formula is C55H33N3O2. The van der Waals surface area contributed by atoms with Gasteiger partial charge in [-0.2, -0.15) is 0 Å². The van der Waals surface area contributed by atoms with Crippen LogP contribution in [0.1, 0.15) is 12.3 Å². The van der Waals surface area contributed by atoms with Crippen molar-refractivity contribution in [1.82, 2.24) is 15.0 Å². The SMILES string of the molecule is [2H]c1c([2H])c([2H])c2c(c1[2H])c([2H])c([2H])c1c2oc2c([2H])c(-c3cccc(-c4nc(-c5cccc(-c6ccccc6)c5)nc(-c5ccc6c(c5)oc5ccc(-c7ccccc7)cc56)n4)c3)c([2H])c([2H])c21. The first-order valence-electron chi connectivity index (χ1n) is 23.8. The zero-order chi connectivity index (χ0) is 47.4. The topological polar surface area (TPSA) is 65.0 Å². The fourth-order valence-corrected chi connectivity index (χ4v) is 7.82. The number of furan rings is 2. The lowest BCUT2D eigenvalue weighted by atomic mass is 10.0. The molecule has 0 atom stereocenters. The van der Waals surface area contributed by atoms with Gasteiger partial charge in [0.1, 0.15) is 22.3 Å². The highest BCUT2D eigenvalue weighted by atomic mass is 16.3. The molecule has 5 heteroatoms. The maximum atomic E-state index is 9.47. The molecule has 0 saturated heterocycles. The van der Waals surface area contributed by atoms with Gasteiger partial charge in [0, 0.05) is 43.6 Å². The molecule has 0 fully saturated rings. The zero-order valence-corrected chi connectivity index (χ0v) is 31.5. The van der Waals surface area contributed by atoms with Crippen LogP contribution in [0.15, 0.2) is 209 Å². The lowest BCUT2D eigenvalue weighted by Gasteiger charge is -2.11. The molecule has 12 aromatic rings. The normalized spacial score (nSPS) is 13.8. The molecule has 0 saturated carbocycles. The summed E-state index contributed by atoms with van der Waals surface area (Å²) >= 11 is 0. The monoisotopic (exact) mass is 776 g/mol. The van der Waals surface area contributed by atoms with E-state index in [0.717, 1.165) is 44.2 Å². The maximum Gasteiger partial charge on any atom is 0.164 e. The highest BCUT2D eigenvalue weighted by Gasteiger charge is 2.17. The smallest absolute Gasteiger partial charge is 0.164 e. The molecule has 3 heterocycles. The van der Waals surface area contributed by atoms with Crippen LogP contribution in [0.3, 0.4) is 0 Å². The van der Waals surface area contributed by atoms with E-state index in [0.29, 0.717) is 39.7 Å².